The van der Waals surface area contributed by atoms with E-state index in [9.17, 15) is 4.79 Å². The Kier molecular flexibility index (Phi) is 4.79. The summed E-state index contributed by atoms with van der Waals surface area (Å²) in [5.41, 5.74) is 4.30. The number of nitrogens with zero attached hydrogens (tertiary/aromatic N) is 2. The Morgan fingerprint density at radius 1 is 1.17 bits per heavy atom. The standard InChI is InChI=1S/C17H18ClN3O2/c1-12(19-20-17(22)21-8-10-23-11-9-21)13-6-7-16(18)15-5-3-2-4-14(13)15/h2-7H,8-11H2,1H3,(H,20,22)/b19-12+. The summed E-state index contributed by atoms with van der Waals surface area (Å²) in [6.07, 6.45) is 0. The van der Waals surface area contributed by atoms with Crippen molar-refractivity contribution in [2.45, 2.75) is 6.92 Å². The molecule has 0 unspecified atom stereocenters. The number of carbonyl (C=O) groups excluding carboxylic acids is 1. The summed E-state index contributed by atoms with van der Waals surface area (Å²) in [6.45, 7) is 4.18. The number of carbonyl (C=O) groups is 1. The third-order valence-electron chi connectivity index (χ3n) is 3.88. The van der Waals surface area contributed by atoms with Crippen LogP contribution in [0.5, 0.6) is 0 Å². The third kappa shape index (κ3) is 3.46. The fourth-order valence-corrected chi connectivity index (χ4v) is 2.83. The highest BCUT2D eigenvalue weighted by atomic mass is 35.5. The van der Waals surface area contributed by atoms with Gasteiger partial charge in [0.25, 0.3) is 0 Å². The molecule has 0 aliphatic carbocycles. The molecule has 3 rings (SSSR count). The van der Waals surface area contributed by atoms with E-state index in [1.165, 1.54) is 0 Å². The van der Waals surface area contributed by atoms with Crippen molar-refractivity contribution in [3.63, 3.8) is 0 Å². The summed E-state index contributed by atoms with van der Waals surface area (Å²) in [7, 11) is 0. The summed E-state index contributed by atoms with van der Waals surface area (Å²) in [4.78, 5) is 13.8. The van der Waals surface area contributed by atoms with E-state index in [2.05, 4.69) is 10.5 Å². The van der Waals surface area contributed by atoms with Crippen molar-refractivity contribution in [3.05, 3.63) is 47.0 Å². The fourth-order valence-electron chi connectivity index (χ4n) is 2.61. The average Bonchev–Trinajstić information content (AvgIpc) is 2.60. The fraction of sp³-hybridized carbons (Fsp3) is 0.294. The molecule has 2 aromatic rings. The SMILES string of the molecule is C/C(=N\NC(=O)N1CCOCC1)c1ccc(Cl)c2ccccc12. The summed E-state index contributed by atoms with van der Waals surface area (Å²) >= 11 is 6.23. The van der Waals surface area contributed by atoms with Gasteiger partial charge in [-0.05, 0) is 18.4 Å². The van der Waals surface area contributed by atoms with Crippen LogP contribution in [0.2, 0.25) is 5.02 Å². The molecule has 1 fully saturated rings. The molecule has 0 saturated carbocycles. The normalized spacial score (nSPS) is 15.7. The van der Waals surface area contributed by atoms with Gasteiger partial charge in [-0.3, -0.25) is 0 Å². The Bertz CT molecular complexity index is 755. The molecule has 1 heterocycles. The van der Waals surface area contributed by atoms with Gasteiger partial charge in [0.05, 0.1) is 18.9 Å². The lowest BCUT2D eigenvalue weighted by atomic mass is 10.0. The highest BCUT2D eigenvalue weighted by Gasteiger charge is 2.16. The zero-order valence-corrected chi connectivity index (χ0v) is 13.6. The van der Waals surface area contributed by atoms with Crippen molar-refractivity contribution in [2.24, 2.45) is 5.10 Å². The zero-order chi connectivity index (χ0) is 16.2. The second-order valence-electron chi connectivity index (χ2n) is 5.35. The van der Waals surface area contributed by atoms with Crippen LogP contribution < -0.4 is 5.43 Å². The minimum absolute atomic E-state index is 0.203. The minimum atomic E-state index is -0.203. The number of urea groups is 1. The summed E-state index contributed by atoms with van der Waals surface area (Å²) in [6, 6.07) is 11.4. The second kappa shape index (κ2) is 6.98. The maximum Gasteiger partial charge on any atom is 0.337 e. The van der Waals surface area contributed by atoms with Gasteiger partial charge in [-0.25, -0.2) is 10.2 Å². The molecule has 1 N–H and O–H groups in total. The summed E-state index contributed by atoms with van der Waals surface area (Å²) < 4.78 is 5.23. The predicted octanol–water partition coefficient (Wildman–Crippen LogP) is 3.26. The molecule has 6 heteroatoms. The van der Waals surface area contributed by atoms with Crippen LogP contribution in [0.15, 0.2) is 41.5 Å². The van der Waals surface area contributed by atoms with Crippen molar-refractivity contribution in [1.29, 1.82) is 0 Å². The molecule has 0 aromatic heterocycles. The predicted molar refractivity (Wildman–Crippen MR) is 92.1 cm³/mol. The van der Waals surface area contributed by atoms with Crippen LogP contribution in [0.4, 0.5) is 4.79 Å². The second-order valence-corrected chi connectivity index (χ2v) is 5.76. The lowest BCUT2D eigenvalue weighted by molar-refractivity contribution is 0.0533. The van der Waals surface area contributed by atoms with E-state index in [1.54, 1.807) is 4.90 Å². The van der Waals surface area contributed by atoms with Gasteiger partial charge in [0, 0.05) is 29.1 Å². The van der Waals surface area contributed by atoms with Crippen LogP contribution in [-0.2, 0) is 4.74 Å². The number of nitrogens with one attached hydrogen (secondary N) is 1. The number of fused-ring (bicyclic) bond motifs is 1. The Labute approximate surface area is 139 Å². The van der Waals surface area contributed by atoms with E-state index < -0.39 is 0 Å². The van der Waals surface area contributed by atoms with E-state index in [1.807, 2.05) is 43.3 Å². The largest absolute Gasteiger partial charge is 0.378 e. The van der Waals surface area contributed by atoms with Gasteiger partial charge < -0.3 is 9.64 Å². The van der Waals surface area contributed by atoms with Crippen LogP contribution >= 0.6 is 11.6 Å². The molecule has 2 aromatic carbocycles. The maximum absolute atomic E-state index is 12.1. The first-order chi connectivity index (χ1) is 11.2. The smallest absolute Gasteiger partial charge is 0.337 e. The topological polar surface area (TPSA) is 53.9 Å². The monoisotopic (exact) mass is 331 g/mol. The highest BCUT2D eigenvalue weighted by Crippen LogP contribution is 2.26. The number of hydrogen-bond acceptors (Lipinski definition) is 3. The van der Waals surface area contributed by atoms with Crippen LogP contribution in [0.1, 0.15) is 12.5 Å². The van der Waals surface area contributed by atoms with Crippen molar-refractivity contribution < 1.29 is 9.53 Å². The van der Waals surface area contributed by atoms with Gasteiger partial charge in [-0.1, -0.05) is 41.9 Å². The average molecular weight is 332 g/mol. The quantitative estimate of drug-likeness (QED) is 0.678. The molecule has 0 bridgehead atoms. The molecule has 2 amide bonds. The molecule has 0 spiro atoms. The molecule has 23 heavy (non-hydrogen) atoms. The van der Waals surface area contributed by atoms with E-state index in [4.69, 9.17) is 16.3 Å². The van der Waals surface area contributed by atoms with Gasteiger partial charge in [-0.15, -0.1) is 0 Å². The first-order valence-electron chi connectivity index (χ1n) is 7.51. The maximum atomic E-state index is 12.1. The molecule has 1 saturated heterocycles. The van der Waals surface area contributed by atoms with Crippen molar-refractivity contribution in [1.82, 2.24) is 10.3 Å². The van der Waals surface area contributed by atoms with Gasteiger partial charge in [0.15, 0.2) is 0 Å². The number of amides is 2. The van der Waals surface area contributed by atoms with Crippen molar-refractivity contribution in [2.75, 3.05) is 26.3 Å². The van der Waals surface area contributed by atoms with E-state index in [0.29, 0.717) is 31.3 Å². The first-order valence-corrected chi connectivity index (χ1v) is 7.89. The highest BCUT2D eigenvalue weighted by molar-refractivity contribution is 6.36. The Hall–Kier alpha value is -2.11. The molecule has 0 atom stereocenters. The minimum Gasteiger partial charge on any atom is -0.378 e. The summed E-state index contributed by atoms with van der Waals surface area (Å²) in [5, 5.41) is 6.93. The Balaban J connectivity index is 1.81. The molecule has 1 aliphatic rings. The molecule has 1 aliphatic heterocycles. The van der Waals surface area contributed by atoms with Gasteiger partial charge >= 0.3 is 6.03 Å². The van der Waals surface area contributed by atoms with Crippen molar-refractivity contribution in [3.8, 4) is 0 Å². The number of hydrogen-bond donors (Lipinski definition) is 1. The molecule has 0 radical (unpaired) electrons. The zero-order valence-electron chi connectivity index (χ0n) is 12.9. The van der Waals surface area contributed by atoms with Gasteiger partial charge in [-0.2, -0.15) is 5.10 Å². The van der Waals surface area contributed by atoms with E-state index >= 15 is 0 Å². The molecular formula is C17H18ClN3O2. The molecule has 120 valence electrons. The number of hydrazone groups is 1. The lowest BCUT2D eigenvalue weighted by Gasteiger charge is -2.26. The van der Waals surface area contributed by atoms with Gasteiger partial charge in [0.2, 0.25) is 0 Å². The van der Waals surface area contributed by atoms with Crippen LogP contribution in [0, 0.1) is 0 Å². The van der Waals surface area contributed by atoms with Crippen molar-refractivity contribution >= 4 is 34.1 Å². The van der Waals surface area contributed by atoms with Crippen LogP contribution in [0.25, 0.3) is 10.8 Å². The number of rotatable bonds is 2. The number of morpholine rings is 1. The third-order valence-corrected chi connectivity index (χ3v) is 4.21. The first kappa shape index (κ1) is 15.8. The number of benzene rings is 2. The molecule has 5 nitrogen and oxygen atoms in total. The summed E-state index contributed by atoms with van der Waals surface area (Å²) in [5.74, 6) is 0. The van der Waals surface area contributed by atoms with E-state index in [-0.39, 0.29) is 6.03 Å². The lowest BCUT2D eigenvalue weighted by Crippen LogP contribution is -2.44. The van der Waals surface area contributed by atoms with Crippen LogP contribution in [-0.4, -0.2) is 42.9 Å². The number of halogens is 1. The number of ether oxygens (including phenoxy) is 1. The Morgan fingerprint density at radius 2 is 1.87 bits per heavy atom. The molecular weight excluding hydrogens is 314 g/mol. The van der Waals surface area contributed by atoms with Gasteiger partial charge in [0.1, 0.15) is 0 Å². The van der Waals surface area contributed by atoms with E-state index in [0.717, 1.165) is 22.0 Å². The van der Waals surface area contributed by atoms with Crippen LogP contribution in [0.3, 0.4) is 0 Å². The Morgan fingerprint density at radius 3 is 2.61 bits per heavy atom.